The lowest BCUT2D eigenvalue weighted by Gasteiger charge is -2.30. The van der Waals surface area contributed by atoms with Crippen LogP contribution >= 0.6 is 7.75 Å². The van der Waals surface area contributed by atoms with Gasteiger partial charge in [-0.1, -0.05) is 56.2 Å². The summed E-state index contributed by atoms with van der Waals surface area (Å²) in [5.41, 5.74) is 2.71. The Hall–Kier alpha value is -3.42. The molecule has 15 heteroatoms. The molecule has 43 heavy (non-hydrogen) atoms. The molecule has 2 heterocycles. The fourth-order valence-electron chi connectivity index (χ4n) is 4.45. The Labute approximate surface area is 246 Å². The highest BCUT2D eigenvalue weighted by Gasteiger charge is 2.60. The molecule has 4 N–H and O–H groups in total. The molecule has 1 aliphatic heterocycles. The van der Waals surface area contributed by atoms with Crippen molar-refractivity contribution in [1.29, 1.82) is 0 Å². The second-order valence-electron chi connectivity index (χ2n) is 10.6. The third-order valence-corrected chi connectivity index (χ3v) is 8.53. The van der Waals surface area contributed by atoms with Crippen LogP contribution in [0.1, 0.15) is 46.3 Å². The Morgan fingerprint density at radius 3 is 2.65 bits per heavy atom. The first-order chi connectivity index (χ1) is 20.3. The zero-order valence-corrected chi connectivity index (χ0v) is 24.8. The number of alkyl halides is 2. The molecule has 2 aromatic carbocycles. The highest BCUT2D eigenvalue weighted by Crippen LogP contribution is 2.50. The minimum atomic E-state index is -4.58. The van der Waals surface area contributed by atoms with E-state index in [9.17, 15) is 19.3 Å². The molecular formula is C28H35F2N4O8P. The van der Waals surface area contributed by atoms with Gasteiger partial charge in [0.05, 0.1) is 13.2 Å². The second kappa shape index (κ2) is 13.1. The lowest BCUT2D eigenvalue weighted by molar-refractivity contribution is -0.149. The van der Waals surface area contributed by atoms with Crippen LogP contribution in [-0.2, 0) is 23.4 Å². The van der Waals surface area contributed by atoms with Crippen molar-refractivity contribution < 1.29 is 41.8 Å². The van der Waals surface area contributed by atoms with E-state index < -0.39 is 55.9 Å². The van der Waals surface area contributed by atoms with E-state index in [2.05, 4.69) is 10.1 Å². The number of fused-ring (bicyclic) bond motifs is 1. The van der Waals surface area contributed by atoms with Crippen molar-refractivity contribution in [3.63, 3.8) is 0 Å². The van der Waals surface area contributed by atoms with Crippen LogP contribution in [0.5, 0.6) is 5.75 Å². The minimum Gasteiger partial charge on any atom is -0.464 e. The molecule has 1 saturated heterocycles. The van der Waals surface area contributed by atoms with Gasteiger partial charge in [0.25, 0.3) is 0 Å². The van der Waals surface area contributed by atoms with Gasteiger partial charge in [0.1, 0.15) is 23.2 Å². The van der Waals surface area contributed by atoms with Gasteiger partial charge in [-0.3, -0.25) is 13.9 Å². The molecule has 0 amide bonds. The maximum atomic E-state index is 15.1. The number of aromatic nitrogens is 2. The number of aliphatic hydroxyl groups is 1. The number of carbonyl (C=O) groups is 1. The molecule has 234 valence electrons. The number of nitrogens with two attached hydrogens (primary N) is 1. The number of nitrogens with one attached hydrogen (secondary N) is 1. The van der Waals surface area contributed by atoms with Crippen LogP contribution in [0, 0.1) is 0 Å². The van der Waals surface area contributed by atoms with Gasteiger partial charge < -0.3 is 24.8 Å². The van der Waals surface area contributed by atoms with Gasteiger partial charge in [-0.15, -0.1) is 0 Å². The zero-order valence-electron chi connectivity index (χ0n) is 23.9. The molecular weight excluding hydrogens is 589 g/mol. The molecule has 4 atom stereocenters. The summed E-state index contributed by atoms with van der Waals surface area (Å²) in [6.07, 6.45) is -3.12. The molecule has 1 aliphatic rings. The van der Waals surface area contributed by atoms with E-state index in [0.717, 1.165) is 30.5 Å². The van der Waals surface area contributed by atoms with E-state index >= 15 is 8.78 Å². The lowest BCUT2D eigenvalue weighted by Crippen LogP contribution is -2.47. The smallest absolute Gasteiger partial charge is 0.459 e. The maximum absolute atomic E-state index is 15.1. The van der Waals surface area contributed by atoms with Crippen LogP contribution in [0.15, 0.2) is 59.5 Å². The molecule has 12 nitrogen and oxygen atoms in total. The van der Waals surface area contributed by atoms with E-state index in [1.54, 1.807) is 36.4 Å². The Morgan fingerprint density at radius 1 is 1.21 bits per heavy atom. The second-order valence-corrected chi connectivity index (χ2v) is 12.3. The summed E-state index contributed by atoms with van der Waals surface area (Å²) < 4.78 is 67.0. The monoisotopic (exact) mass is 624 g/mol. The number of hydrogen-bond acceptors (Lipinski definition) is 10. The number of ether oxygens (including phenoxy) is 2. The standard InChI is InChI=1S/C28H35F2N4O8P/c1-4-5-8-16-39-25(36)27(2,3)33-43(38,42-20-13-9-11-18-10-6-7-12-19(18)20)40-17-21-23(35)28(29,30)24(41-21)34-15-14-22(31)32-26(34)37/h6-7,9-15,21,23-24,35H,4-5,8,16-17H2,1-3H3,(H,33,38)(H2,31,32,37)/t21-,23-,24-,43?/m1/s1. The Kier molecular flexibility index (Phi) is 9.87. The summed E-state index contributed by atoms with van der Waals surface area (Å²) >= 11 is 0. The van der Waals surface area contributed by atoms with Gasteiger partial charge in [-0.05, 0) is 37.8 Å². The third kappa shape index (κ3) is 7.39. The largest absolute Gasteiger partial charge is 0.464 e. The first-order valence-corrected chi connectivity index (χ1v) is 15.3. The van der Waals surface area contributed by atoms with Crippen molar-refractivity contribution in [2.45, 2.75) is 69.9 Å². The molecule has 0 bridgehead atoms. The van der Waals surface area contributed by atoms with E-state index in [4.69, 9.17) is 24.3 Å². The SMILES string of the molecule is CCCCCOC(=O)C(C)(C)NP(=O)(OC[C@H]1O[C@@H](n2ccc(N)nc2=O)C(F)(F)[C@@H]1O)Oc1cccc2ccccc12. The number of carbonyl (C=O) groups excluding carboxylic acids is 1. The van der Waals surface area contributed by atoms with Crippen molar-refractivity contribution in [2.75, 3.05) is 18.9 Å². The van der Waals surface area contributed by atoms with Crippen LogP contribution in [-0.4, -0.2) is 57.5 Å². The number of unbranched alkanes of at least 4 members (excludes halogenated alkanes) is 2. The molecule has 1 fully saturated rings. The number of halogens is 2. The fraction of sp³-hybridized carbons (Fsp3) is 0.464. The van der Waals surface area contributed by atoms with Crippen molar-refractivity contribution in [3.05, 3.63) is 65.2 Å². The van der Waals surface area contributed by atoms with Crippen LogP contribution in [0.25, 0.3) is 10.8 Å². The highest BCUT2D eigenvalue weighted by atomic mass is 31.2. The number of hydrogen-bond donors (Lipinski definition) is 3. The number of benzene rings is 2. The molecule has 1 unspecified atom stereocenters. The Bertz CT molecular complexity index is 1550. The number of nitrogens with zero attached hydrogens (tertiary/aromatic N) is 2. The number of esters is 1. The number of rotatable bonds is 13. The maximum Gasteiger partial charge on any atom is 0.459 e. The van der Waals surface area contributed by atoms with Gasteiger partial charge in [0.15, 0.2) is 6.10 Å². The summed E-state index contributed by atoms with van der Waals surface area (Å²) in [5, 5.41) is 14.3. The van der Waals surface area contributed by atoms with E-state index in [-0.39, 0.29) is 18.2 Å². The van der Waals surface area contributed by atoms with Gasteiger partial charge in [0, 0.05) is 11.6 Å². The van der Waals surface area contributed by atoms with Gasteiger partial charge in [-0.2, -0.15) is 18.9 Å². The molecule has 0 radical (unpaired) electrons. The van der Waals surface area contributed by atoms with Crippen molar-refractivity contribution in [1.82, 2.24) is 14.6 Å². The van der Waals surface area contributed by atoms with E-state index in [1.807, 2.05) is 6.92 Å². The van der Waals surface area contributed by atoms with Gasteiger partial charge in [-0.25, -0.2) is 9.36 Å². The molecule has 0 aliphatic carbocycles. The van der Waals surface area contributed by atoms with Crippen LogP contribution in [0.2, 0.25) is 0 Å². The fourth-order valence-corrected chi connectivity index (χ4v) is 6.15. The summed E-state index contributed by atoms with van der Waals surface area (Å²) in [6.45, 7) is 4.08. The zero-order chi connectivity index (χ0) is 31.4. The van der Waals surface area contributed by atoms with Gasteiger partial charge in [0.2, 0.25) is 6.23 Å². The highest BCUT2D eigenvalue weighted by molar-refractivity contribution is 7.52. The van der Waals surface area contributed by atoms with Crippen molar-refractivity contribution in [2.24, 2.45) is 0 Å². The summed E-state index contributed by atoms with van der Waals surface area (Å²) in [5.74, 6) is -4.78. The van der Waals surface area contributed by atoms with Crippen molar-refractivity contribution >= 4 is 30.3 Å². The molecule has 3 aromatic rings. The van der Waals surface area contributed by atoms with Crippen molar-refractivity contribution in [3.8, 4) is 5.75 Å². The first-order valence-electron chi connectivity index (χ1n) is 13.7. The normalized spacial score (nSPS) is 21.4. The lowest BCUT2D eigenvalue weighted by atomic mass is 10.1. The summed E-state index contributed by atoms with van der Waals surface area (Å²) in [7, 11) is -4.58. The summed E-state index contributed by atoms with van der Waals surface area (Å²) in [6, 6.07) is 13.2. The molecule has 4 rings (SSSR count). The summed E-state index contributed by atoms with van der Waals surface area (Å²) in [4.78, 5) is 28.5. The third-order valence-electron chi connectivity index (χ3n) is 6.77. The van der Waals surface area contributed by atoms with Crippen LogP contribution in [0.4, 0.5) is 14.6 Å². The predicted molar refractivity (Wildman–Crippen MR) is 154 cm³/mol. The number of aliphatic hydroxyl groups excluding tert-OH is 1. The quantitative estimate of drug-likeness (QED) is 0.142. The number of anilines is 1. The van der Waals surface area contributed by atoms with Crippen LogP contribution < -0.4 is 21.0 Å². The Balaban J connectivity index is 1.59. The molecule has 1 aromatic heterocycles. The number of nitrogen functional groups attached to an aromatic ring is 1. The van der Waals surface area contributed by atoms with E-state index in [1.165, 1.54) is 19.9 Å². The van der Waals surface area contributed by atoms with Gasteiger partial charge >= 0.3 is 25.3 Å². The van der Waals surface area contributed by atoms with E-state index in [0.29, 0.717) is 16.4 Å². The average Bonchev–Trinajstić information content (AvgIpc) is 3.17. The Morgan fingerprint density at radius 2 is 1.93 bits per heavy atom. The molecule has 0 spiro atoms. The minimum absolute atomic E-state index is 0.122. The molecule has 0 saturated carbocycles. The average molecular weight is 625 g/mol. The van der Waals surface area contributed by atoms with Crippen LogP contribution in [0.3, 0.4) is 0 Å². The topological polar surface area (TPSA) is 164 Å². The first kappa shape index (κ1) is 32.5. The predicted octanol–water partition coefficient (Wildman–Crippen LogP) is 4.18.